The standard InChI is InChI=1S/C36H39ClFN3O5/c1-4-29-33(28(40-41(29)3)21-46-31-13-6-7-18-45-31)32-27(37)17-16-26-25(35(39-34(26)32)36(42)43-5-2)11-9-19-44-30-12-8-10-22-20-23(38)14-15-24(22)30/h8,10,12,14-17,20,31,39H,4-7,9,11,13,18-19,21H2,1-3H3. The van der Waals surface area contributed by atoms with Crippen LogP contribution in [-0.4, -0.2) is 46.8 Å². The van der Waals surface area contributed by atoms with Gasteiger partial charge in [0.2, 0.25) is 0 Å². The highest BCUT2D eigenvalue weighted by molar-refractivity contribution is 6.35. The van der Waals surface area contributed by atoms with Gasteiger partial charge in [0, 0.05) is 41.2 Å². The van der Waals surface area contributed by atoms with Gasteiger partial charge < -0.3 is 23.9 Å². The van der Waals surface area contributed by atoms with Gasteiger partial charge in [0.05, 0.1) is 36.1 Å². The molecule has 0 aliphatic carbocycles. The van der Waals surface area contributed by atoms with Crippen LogP contribution in [0.1, 0.15) is 67.0 Å². The fourth-order valence-corrected chi connectivity index (χ4v) is 6.64. The Bertz CT molecular complexity index is 1860. The quantitative estimate of drug-likeness (QED) is 0.108. The summed E-state index contributed by atoms with van der Waals surface area (Å²) < 4.78 is 39.2. The number of esters is 1. The molecule has 6 rings (SSSR count). The van der Waals surface area contributed by atoms with E-state index < -0.39 is 5.97 Å². The average Bonchev–Trinajstić information content (AvgIpc) is 3.58. The number of nitrogens with one attached hydrogen (secondary N) is 1. The molecule has 1 aliphatic rings. The predicted octanol–water partition coefficient (Wildman–Crippen LogP) is 8.31. The van der Waals surface area contributed by atoms with Gasteiger partial charge in [0.1, 0.15) is 17.3 Å². The molecule has 1 fully saturated rings. The highest BCUT2D eigenvalue weighted by Crippen LogP contribution is 2.41. The average molecular weight is 648 g/mol. The zero-order chi connectivity index (χ0) is 32.2. The van der Waals surface area contributed by atoms with E-state index in [-0.39, 0.29) is 25.3 Å². The molecule has 46 heavy (non-hydrogen) atoms. The van der Waals surface area contributed by atoms with Crippen molar-refractivity contribution in [1.82, 2.24) is 14.8 Å². The van der Waals surface area contributed by atoms with E-state index in [4.69, 9.17) is 35.6 Å². The third-order valence-electron chi connectivity index (χ3n) is 8.51. The van der Waals surface area contributed by atoms with E-state index in [0.29, 0.717) is 42.5 Å². The second kappa shape index (κ2) is 14.2. The first-order chi connectivity index (χ1) is 22.4. The third-order valence-corrected chi connectivity index (χ3v) is 8.82. The Labute approximate surface area is 272 Å². The van der Waals surface area contributed by atoms with Crippen LogP contribution in [0, 0.1) is 5.82 Å². The number of nitrogens with zero attached hydrogens (tertiary/aromatic N) is 2. The maximum absolute atomic E-state index is 13.8. The lowest BCUT2D eigenvalue weighted by Gasteiger charge is -2.22. The van der Waals surface area contributed by atoms with Gasteiger partial charge in [-0.3, -0.25) is 4.68 Å². The maximum Gasteiger partial charge on any atom is 0.355 e. The van der Waals surface area contributed by atoms with Crippen molar-refractivity contribution in [3.8, 4) is 16.9 Å². The second-order valence-corrected chi connectivity index (χ2v) is 11.9. The fraction of sp³-hybridized carbons (Fsp3) is 0.389. The van der Waals surface area contributed by atoms with Gasteiger partial charge in [-0.2, -0.15) is 5.10 Å². The van der Waals surface area contributed by atoms with Crippen LogP contribution in [0.2, 0.25) is 5.02 Å². The number of carbonyl (C=O) groups is 1. The summed E-state index contributed by atoms with van der Waals surface area (Å²) in [5.41, 5.74) is 5.44. The third kappa shape index (κ3) is 6.49. The number of carbonyl (C=O) groups excluding carboxylic acids is 1. The smallest absolute Gasteiger partial charge is 0.355 e. The molecule has 0 spiro atoms. The molecule has 1 saturated heterocycles. The molecule has 1 unspecified atom stereocenters. The number of hydrogen-bond donors (Lipinski definition) is 1. The Balaban J connectivity index is 1.33. The number of halogens is 2. The zero-order valence-electron chi connectivity index (χ0n) is 26.5. The number of H-pyrrole nitrogens is 1. The van der Waals surface area contributed by atoms with Gasteiger partial charge in [-0.1, -0.05) is 36.7 Å². The number of rotatable bonds is 12. The summed E-state index contributed by atoms with van der Waals surface area (Å²) in [6.45, 7) is 5.49. The summed E-state index contributed by atoms with van der Waals surface area (Å²) in [6.07, 6.45) is 4.61. The number of benzene rings is 3. The number of ether oxygens (including phenoxy) is 4. The molecular formula is C36H39ClFN3O5. The van der Waals surface area contributed by atoms with E-state index in [1.54, 1.807) is 13.0 Å². The summed E-state index contributed by atoms with van der Waals surface area (Å²) >= 11 is 6.97. The number of aryl methyl sites for hydroxylation is 2. The molecule has 5 aromatic rings. The molecule has 2 aromatic heterocycles. The molecule has 3 aromatic carbocycles. The first-order valence-corrected chi connectivity index (χ1v) is 16.4. The van der Waals surface area contributed by atoms with E-state index in [2.05, 4.69) is 11.9 Å². The number of fused-ring (bicyclic) bond motifs is 2. The monoisotopic (exact) mass is 647 g/mol. The first kappa shape index (κ1) is 32.0. The first-order valence-electron chi connectivity index (χ1n) is 16.0. The SMILES string of the molecule is CCOC(=O)c1[nH]c2c(-c3c(COC4CCCCO4)nn(C)c3CC)c(Cl)ccc2c1CCCOc1cccc2cc(F)ccc12. The fourth-order valence-electron chi connectivity index (χ4n) is 6.39. The van der Waals surface area contributed by atoms with Gasteiger partial charge in [0.25, 0.3) is 0 Å². The van der Waals surface area contributed by atoms with E-state index in [9.17, 15) is 9.18 Å². The number of aromatic amines is 1. The topological polar surface area (TPSA) is 87.6 Å². The largest absolute Gasteiger partial charge is 0.493 e. The summed E-state index contributed by atoms with van der Waals surface area (Å²) in [7, 11) is 1.92. The molecule has 3 heterocycles. The Morgan fingerprint density at radius 1 is 1.13 bits per heavy atom. The summed E-state index contributed by atoms with van der Waals surface area (Å²) in [4.78, 5) is 16.7. The van der Waals surface area contributed by atoms with Gasteiger partial charge in [-0.25, -0.2) is 9.18 Å². The Morgan fingerprint density at radius 3 is 2.76 bits per heavy atom. The predicted molar refractivity (Wildman–Crippen MR) is 177 cm³/mol. The lowest BCUT2D eigenvalue weighted by molar-refractivity contribution is -0.169. The van der Waals surface area contributed by atoms with Crippen LogP contribution in [0.5, 0.6) is 5.75 Å². The minimum atomic E-state index is -0.423. The van der Waals surface area contributed by atoms with Crippen LogP contribution < -0.4 is 4.74 Å². The van der Waals surface area contributed by atoms with Crippen molar-refractivity contribution in [2.75, 3.05) is 19.8 Å². The van der Waals surface area contributed by atoms with Crippen LogP contribution in [0.25, 0.3) is 32.8 Å². The van der Waals surface area contributed by atoms with Gasteiger partial charge in [-0.15, -0.1) is 0 Å². The van der Waals surface area contributed by atoms with Gasteiger partial charge in [0.15, 0.2) is 6.29 Å². The lowest BCUT2D eigenvalue weighted by Crippen LogP contribution is -2.22. The van der Waals surface area contributed by atoms with Crippen molar-refractivity contribution >= 4 is 39.2 Å². The van der Waals surface area contributed by atoms with Crippen molar-refractivity contribution in [2.45, 2.75) is 65.3 Å². The van der Waals surface area contributed by atoms with Crippen LogP contribution in [0.4, 0.5) is 4.39 Å². The molecular weight excluding hydrogens is 609 g/mol. The molecule has 8 nitrogen and oxygen atoms in total. The highest BCUT2D eigenvalue weighted by Gasteiger charge is 2.27. The Morgan fingerprint density at radius 2 is 1.98 bits per heavy atom. The molecule has 0 bridgehead atoms. The Hall–Kier alpha value is -3.92. The summed E-state index contributed by atoms with van der Waals surface area (Å²) in [6, 6.07) is 14.1. The van der Waals surface area contributed by atoms with Crippen LogP contribution >= 0.6 is 11.6 Å². The van der Waals surface area contributed by atoms with E-state index >= 15 is 0 Å². The molecule has 1 atom stereocenters. The van der Waals surface area contributed by atoms with Gasteiger partial charge in [-0.05, 0) is 86.7 Å². The van der Waals surface area contributed by atoms with Crippen molar-refractivity contribution in [3.05, 3.63) is 82.0 Å². The van der Waals surface area contributed by atoms with Crippen LogP contribution in [-0.2, 0) is 40.7 Å². The normalized spacial score (nSPS) is 15.1. The molecule has 0 amide bonds. The summed E-state index contributed by atoms with van der Waals surface area (Å²) in [5.74, 6) is -0.0222. The highest BCUT2D eigenvalue weighted by atomic mass is 35.5. The Kier molecular flexibility index (Phi) is 9.92. The van der Waals surface area contributed by atoms with E-state index in [1.165, 1.54) is 12.1 Å². The molecule has 1 aliphatic heterocycles. The van der Waals surface area contributed by atoms with Crippen LogP contribution in [0.3, 0.4) is 0 Å². The van der Waals surface area contributed by atoms with Gasteiger partial charge >= 0.3 is 5.97 Å². The van der Waals surface area contributed by atoms with E-state index in [0.717, 1.165) is 75.4 Å². The minimum Gasteiger partial charge on any atom is -0.493 e. The minimum absolute atomic E-state index is 0.249. The number of hydrogen-bond acceptors (Lipinski definition) is 6. The molecule has 0 saturated carbocycles. The zero-order valence-corrected chi connectivity index (χ0v) is 27.2. The van der Waals surface area contributed by atoms with Crippen molar-refractivity contribution < 1.29 is 28.1 Å². The second-order valence-electron chi connectivity index (χ2n) is 11.5. The molecule has 1 N–H and O–H groups in total. The lowest BCUT2D eigenvalue weighted by atomic mass is 9.97. The van der Waals surface area contributed by atoms with Crippen LogP contribution in [0.15, 0.2) is 48.5 Å². The maximum atomic E-state index is 13.8. The summed E-state index contributed by atoms with van der Waals surface area (Å²) in [5, 5.41) is 7.89. The molecule has 10 heteroatoms. The van der Waals surface area contributed by atoms with E-state index in [1.807, 2.05) is 42.1 Å². The molecule has 242 valence electrons. The van der Waals surface area contributed by atoms with Crippen molar-refractivity contribution in [1.29, 1.82) is 0 Å². The van der Waals surface area contributed by atoms with Crippen molar-refractivity contribution in [2.24, 2.45) is 7.05 Å². The molecule has 0 radical (unpaired) electrons. The van der Waals surface area contributed by atoms with Crippen molar-refractivity contribution in [3.63, 3.8) is 0 Å². The number of aromatic nitrogens is 3.